The van der Waals surface area contributed by atoms with Gasteiger partial charge in [-0.2, -0.15) is 0 Å². The average Bonchev–Trinajstić information content (AvgIpc) is 3.30. The third-order valence-electron chi connectivity index (χ3n) is 4.45. The van der Waals surface area contributed by atoms with Gasteiger partial charge in [0.25, 0.3) is 0 Å². The van der Waals surface area contributed by atoms with E-state index < -0.39 is 0 Å². The van der Waals surface area contributed by atoms with Gasteiger partial charge >= 0.3 is 0 Å². The van der Waals surface area contributed by atoms with Crippen LogP contribution in [0.2, 0.25) is 0 Å². The van der Waals surface area contributed by atoms with Crippen molar-refractivity contribution in [3.63, 3.8) is 0 Å². The molecule has 0 bridgehead atoms. The molecule has 1 aliphatic rings. The van der Waals surface area contributed by atoms with Crippen molar-refractivity contribution in [3.8, 4) is 0 Å². The number of imidazole rings is 1. The molecule has 0 radical (unpaired) electrons. The molecule has 3 aromatic rings. The Morgan fingerprint density at radius 3 is 2.88 bits per heavy atom. The van der Waals surface area contributed by atoms with Crippen LogP contribution in [0.3, 0.4) is 0 Å². The number of nitrogens with zero attached hydrogens (tertiary/aromatic N) is 5. The molecule has 0 unspecified atom stereocenters. The molecule has 25 heavy (non-hydrogen) atoms. The number of aromatic nitrogens is 3. The Balaban J connectivity index is 1.39. The van der Waals surface area contributed by atoms with E-state index in [1.54, 1.807) is 11.3 Å². The molecule has 130 valence electrons. The summed E-state index contributed by atoms with van der Waals surface area (Å²) in [5.74, 6) is 1.42. The minimum atomic E-state index is 0.465. The molecule has 2 aromatic heterocycles. The van der Waals surface area contributed by atoms with Gasteiger partial charge in [0.2, 0.25) is 0 Å². The molecule has 4 rings (SSSR count). The highest BCUT2D eigenvalue weighted by Gasteiger charge is 2.19. The van der Waals surface area contributed by atoms with Crippen LogP contribution in [0.4, 0.5) is 5.13 Å². The normalized spacial score (nSPS) is 16.0. The molecule has 7 nitrogen and oxygen atoms in total. The monoisotopic (exact) mass is 355 g/mol. The molecule has 0 aliphatic carbocycles. The Morgan fingerprint density at radius 1 is 1.32 bits per heavy atom. The quantitative estimate of drug-likeness (QED) is 0.554. The van der Waals surface area contributed by atoms with E-state index in [0.29, 0.717) is 12.5 Å². The van der Waals surface area contributed by atoms with Crippen LogP contribution in [0.5, 0.6) is 0 Å². The predicted octanol–water partition coefficient (Wildman–Crippen LogP) is 1.96. The molecule has 3 heterocycles. The predicted molar refractivity (Wildman–Crippen MR) is 102 cm³/mol. The van der Waals surface area contributed by atoms with Crippen LogP contribution >= 0.6 is 11.3 Å². The molecule has 0 atom stereocenters. The minimum Gasteiger partial charge on any atom is -0.370 e. The topological polar surface area (TPSA) is 86.4 Å². The van der Waals surface area contributed by atoms with Gasteiger partial charge < -0.3 is 20.5 Å². The number of hydrogen-bond acceptors (Lipinski definition) is 5. The number of guanidine groups is 1. The van der Waals surface area contributed by atoms with E-state index in [0.717, 1.165) is 53.7 Å². The Labute approximate surface area is 150 Å². The van der Waals surface area contributed by atoms with E-state index in [1.165, 1.54) is 0 Å². The Morgan fingerprint density at radius 2 is 2.16 bits per heavy atom. The Bertz CT molecular complexity index is 876. The molecule has 1 aromatic carbocycles. The summed E-state index contributed by atoms with van der Waals surface area (Å²) in [6.07, 6.45) is 1.84. The number of thiazole rings is 1. The van der Waals surface area contributed by atoms with Crippen molar-refractivity contribution in [2.24, 2.45) is 10.7 Å². The molecule has 1 saturated heterocycles. The van der Waals surface area contributed by atoms with E-state index in [-0.39, 0.29) is 0 Å². The molecular weight excluding hydrogens is 334 g/mol. The number of aliphatic imine (C=N–C) groups is 1. The summed E-state index contributed by atoms with van der Waals surface area (Å²) in [7, 11) is 0. The van der Waals surface area contributed by atoms with E-state index in [1.807, 2.05) is 23.7 Å². The fourth-order valence-corrected chi connectivity index (χ4v) is 3.75. The first-order valence-corrected chi connectivity index (χ1v) is 9.22. The van der Waals surface area contributed by atoms with Gasteiger partial charge in [-0.25, -0.2) is 15.0 Å². The fraction of sp³-hybridized carbons (Fsp3) is 0.353. The van der Waals surface area contributed by atoms with Crippen LogP contribution in [0, 0.1) is 6.92 Å². The van der Waals surface area contributed by atoms with Crippen LogP contribution < -0.4 is 10.6 Å². The zero-order valence-electron chi connectivity index (χ0n) is 14.1. The highest BCUT2D eigenvalue weighted by atomic mass is 32.1. The van der Waals surface area contributed by atoms with E-state index in [4.69, 9.17) is 5.73 Å². The molecule has 1 fully saturated rings. The Hall–Kier alpha value is -2.61. The molecule has 8 heteroatoms. The SMILES string of the molecule is Cc1cccc2[nH]c(CN=C(N)N3CCN(c4nccs4)CC3)nc12. The summed E-state index contributed by atoms with van der Waals surface area (Å²) in [4.78, 5) is 21.2. The molecular formula is C17H21N7S. The zero-order chi connectivity index (χ0) is 17.2. The second-order valence-electron chi connectivity index (χ2n) is 6.12. The maximum absolute atomic E-state index is 6.19. The highest BCUT2D eigenvalue weighted by Crippen LogP contribution is 2.19. The minimum absolute atomic E-state index is 0.465. The number of anilines is 1. The summed E-state index contributed by atoms with van der Waals surface area (Å²) < 4.78 is 0. The van der Waals surface area contributed by atoms with Crippen molar-refractivity contribution in [2.75, 3.05) is 31.1 Å². The summed E-state index contributed by atoms with van der Waals surface area (Å²) in [5.41, 5.74) is 9.40. The first-order valence-electron chi connectivity index (χ1n) is 8.34. The third kappa shape index (κ3) is 3.30. The maximum atomic E-state index is 6.19. The van der Waals surface area contributed by atoms with Crippen LogP contribution in [0.15, 0.2) is 34.8 Å². The Kier molecular flexibility index (Phi) is 4.27. The second-order valence-corrected chi connectivity index (χ2v) is 6.99. The largest absolute Gasteiger partial charge is 0.370 e. The van der Waals surface area contributed by atoms with Crippen molar-refractivity contribution < 1.29 is 0 Å². The first-order chi connectivity index (χ1) is 12.2. The number of benzene rings is 1. The van der Waals surface area contributed by atoms with E-state index >= 15 is 0 Å². The van der Waals surface area contributed by atoms with E-state index in [9.17, 15) is 0 Å². The van der Waals surface area contributed by atoms with Crippen LogP contribution in [0.25, 0.3) is 11.0 Å². The van der Waals surface area contributed by atoms with Gasteiger partial charge in [-0.3, -0.25) is 0 Å². The standard InChI is InChI=1S/C17H21N7S/c1-12-3-2-4-13-15(12)22-14(21-13)11-20-16(18)23-6-8-24(9-7-23)17-19-5-10-25-17/h2-5,10H,6-9,11H2,1H3,(H2,18,20)(H,21,22). The number of piperazine rings is 1. The lowest BCUT2D eigenvalue weighted by molar-refractivity contribution is 0.380. The summed E-state index contributed by atoms with van der Waals surface area (Å²) in [6, 6.07) is 6.12. The molecule has 0 saturated carbocycles. The summed E-state index contributed by atoms with van der Waals surface area (Å²) >= 11 is 1.67. The zero-order valence-corrected chi connectivity index (χ0v) is 15.0. The number of rotatable bonds is 3. The number of fused-ring (bicyclic) bond motifs is 1. The summed E-state index contributed by atoms with van der Waals surface area (Å²) in [6.45, 7) is 6.06. The second kappa shape index (κ2) is 6.72. The van der Waals surface area contributed by atoms with Gasteiger partial charge in [0, 0.05) is 37.8 Å². The number of nitrogens with one attached hydrogen (secondary N) is 1. The van der Waals surface area contributed by atoms with Gasteiger partial charge in [-0.05, 0) is 18.6 Å². The number of aryl methyl sites for hydroxylation is 1. The number of H-pyrrole nitrogens is 1. The van der Waals surface area contributed by atoms with Crippen LogP contribution in [0.1, 0.15) is 11.4 Å². The lowest BCUT2D eigenvalue weighted by Crippen LogP contribution is -2.51. The van der Waals surface area contributed by atoms with Crippen molar-refractivity contribution >= 4 is 33.5 Å². The molecule has 0 amide bonds. The van der Waals surface area contributed by atoms with Gasteiger partial charge in [0.15, 0.2) is 11.1 Å². The highest BCUT2D eigenvalue weighted by molar-refractivity contribution is 7.13. The smallest absolute Gasteiger partial charge is 0.191 e. The van der Waals surface area contributed by atoms with Gasteiger partial charge in [0.05, 0.1) is 11.0 Å². The van der Waals surface area contributed by atoms with Crippen molar-refractivity contribution in [1.29, 1.82) is 0 Å². The number of para-hydroxylation sites is 1. The van der Waals surface area contributed by atoms with Crippen molar-refractivity contribution in [3.05, 3.63) is 41.2 Å². The van der Waals surface area contributed by atoms with Gasteiger partial charge in [-0.15, -0.1) is 11.3 Å². The fourth-order valence-electron chi connectivity index (χ4n) is 3.06. The first kappa shape index (κ1) is 15.9. The lowest BCUT2D eigenvalue weighted by atomic mass is 10.2. The van der Waals surface area contributed by atoms with Crippen molar-refractivity contribution in [2.45, 2.75) is 13.5 Å². The average molecular weight is 355 g/mol. The van der Waals surface area contributed by atoms with E-state index in [2.05, 4.69) is 42.7 Å². The van der Waals surface area contributed by atoms with Crippen LogP contribution in [-0.2, 0) is 6.54 Å². The number of aromatic amines is 1. The molecule has 3 N–H and O–H groups in total. The number of nitrogens with two attached hydrogens (primary N) is 1. The molecule has 0 spiro atoms. The third-order valence-corrected chi connectivity index (χ3v) is 5.28. The number of hydrogen-bond donors (Lipinski definition) is 2. The molecule has 1 aliphatic heterocycles. The van der Waals surface area contributed by atoms with Gasteiger partial charge in [0.1, 0.15) is 12.4 Å². The van der Waals surface area contributed by atoms with Crippen molar-refractivity contribution in [1.82, 2.24) is 19.9 Å². The van der Waals surface area contributed by atoms with Crippen LogP contribution in [-0.4, -0.2) is 52.0 Å². The lowest BCUT2D eigenvalue weighted by Gasteiger charge is -2.35. The van der Waals surface area contributed by atoms with Gasteiger partial charge in [-0.1, -0.05) is 12.1 Å². The maximum Gasteiger partial charge on any atom is 0.191 e. The summed E-state index contributed by atoms with van der Waals surface area (Å²) in [5, 5.41) is 3.08.